The zero-order chi connectivity index (χ0) is 18.2. The van der Waals surface area contributed by atoms with E-state index in [0.29, 0.717) is 42.0 Å². The second kappa shape index (κ2) is 6.58. The molecule has 1 atom stereocenters. The zero-order valence-electron chi connectivity index (χ0n) is 15.3. The van der Waals surface area contributed by atoms with Crippen molar-refractivity contribution in [1.29, 1.82) is 0 Å². The highest BCUT2D eigenvalue weighted by Crippen LogP contribution is 2.35. The predicted octanol–water partition coefficient (Wildman–Crippen LogP) is 3.03. The number of nitrogens with one attached hydrogen (secondary N) is 1. The molecule has 1 aromatic carbocycles. The van der Waals surface area contributed by atoms with Crippen LogP contribution in [-0.2, 0) is 9.59 Å². The van der Waals surface area contributed by atoms with Crippen LogP contribution in [0.2, 0.25) is 0 Å². The Morgan fingerprint density at radius 1 is 1.32 bits per heavy atom. The topological polar surface area (TPSA) is 67.9 Å². The van der Waals surface area contributed by atoms with Crippen LogP contribution >= 0.6 is 0 Å². The quantitative estimate of drug-likeness (QED) is 0.890. The van der Waals surface area contributed by atoms with Crippen molar-refractivity contribution in [3.8, 4) is 11.5 Å². The van der Waals surface area contributed by atoms with E-state index in [1.807, 2.05) is 0 Å². The van der Waals surface area contributed by atoms with Gasteiger partial charge in [0, 0.05) is 24.7 Å². The molecule has 0 radical (unpaired) electrons. The van der Waals surface area contributed by atoms with Gasteiger partial charge >= 0.3 is 0 Å². The molecule has 2 aliphatic heterocycles. The average Bonchev–Trinajstić information content (AvgIpc) is 3.12. The third-order valence-corrected chi connectivity index (χ3v) is 4.87. The number of anilines is 1. The van der Waals surface area contributed by atoms with E-state index in [1.165, 1.54) is 0 Å². The number of rotatable bonds is 5. The highest BCUT2D eigenvalue weighted by molar-refractivity contribution is 6.00. The summed E-state index contributed by atoms with van der Waals surface area (Å²) in [6.07, 6.45) is 1.53. The Morgan fingerprint density at radius 2 is 2.04 bits per heavy atom. The van der Waals surface area contributed by atoms with Crippen molar-refractivity contribution >= 4 is 17.5 Å². The van der Waals surface area contributed by atoms with Crippen LogP contribution < -0.4 is 14.8 Å². The van der Waals surface area contributed by atoms with Gasteiger partial charge < -0.3 is 19.7 Å². The number of benzene rings is 1. The summed E-state index contributed by atoms with van der Waals surface area (Å²) in [5.41, 5.74) is -0.271. The molecule has 0 saturated carbocycles. The fraction of sp³-hybridized carbons (Fsp3) is 0.579. The number of carbonyl (C=O) groups excluding carboxylic acids is 2. The number of fused-ring (bicyclic) bond motifs is 1. The number of hydrogen-bond donors (Lipinski definition) is 1. The lowest BCUT2D eigenvalue weighted by Gasteiger charge is -2.34. The van der Waals surface area contributed by atoms with Gasteiger partial charge in [0.25, 0.3) is 0 Å². The fourth-order valence-electron chi connectivity index (χ4n) is 3.53. The van der Waals surface area contributed by atoms with Crippen molar-refractivity contribution in [3.63, 3.8) is 0 Å². The Balaban J connectivity index is 1.69. The minimum atomic E-state index is -0.904. The molecule has 0 spiro atoms. The second-order valence-corrected chi connectivity index (χ2v) is 7.79. The molecule has 3 rings (SSSR count). The number of ether oxygens (including phenoxy) is 2. The molecule has 0 bridgehead atoms. The SMILES string of the molecule is CC(C)CC1CC(=O)N(C(C)(C)C(=O)Nc2ccc3c(c2)OCO3)C1. The standard InChI is InChI=1S/C19H26N2O4/c1-12(2)7-13-8-17(22)21(10-13)19(3,4)18(23)20-14-5-6-15-16(9-14)25-11-24-15/h5-6,9,12-13H,7-8,10-11H2,1-4H3,(H,20,23). The first kappa shape index (κ1) is 17.6. The molecular formula is C19H26N2O4. The molecule has 1 aromatic rings. The van der Waals surface area contributed by atoms with E-state index in [9.17, 15) is 9.59 Å². The third kappa shape index (κ3) is 3.57. The van der Waals surface area contributed by atoms with Crippen LogP contribution in [0.15, 0.2) is 18.2 Å². The first-order chi connectivity index (χ1) is 11.8. The Kier molecular flexibility index (Phi) is 4.62. The summed E-state index contributed by atoms with van der Waals surface area (Å²) in [5, 5.41) is 2.90. The lowest BCUT2D eigenvalue weighted by molar-refractivity contribution is -0.139. The van der Waals surface area contributed by atoms with Crippen molar-refractivity contribution in [3.05, 3.63) is 18.2 Å². The van der Waals surface area contributed by atoms with Crippen molar-refractivity contribution in [2.75, 3.05) is 18.7 Å². The Morgan fingerprint density at radius 3 is 2.76 bits per heavy atom. The largest absolute Gasteiger partial charge is 0.454 e. The number of nitrogens with zero attached hydrogens (tertiary/aromatic N) is 1. The molecule has 2 aliphatic rings. The highest BCUT2D eigenvalue weighted by atomic mass is 16.7. The van der Waals surface area contributed by atoms with Crippen LogP contribution in [0, 0.1) is 11.8 Å². The molecule has 2 amide bonds. The van der Waals surface area contributed by atoms with Crippen LogP contribution in [-0.4, -0.2) is 35.6 Å². The Bertz CT molecular complexity index is 684. The van der Waals surface area contributed by atoms with E-state index in [2.05, 4.69) is 19.2 Å². The minimum Gasteiger partial charge on any atom is -0.454 e. The summed E-state index contributed by atoms with van der Waals surface area (Å²) < 4.78 is 10.6. The van der Waals surface area contributed by atoms with E-state index in [4.69, 9.17) is 9.47 Å². The average molecular weight is 346 g/mol. The number of carbonyl (C=O) groups is 2. The van der Waals surface area contributed by atoms with E-state index in [-0.39, 0.29) is 18.6 Å². The summed E-state index contributed by atoms with van der Waals surface area (Å²) in [6, 6.07) is 5.28. The first-order valence-electron chi connectivity index (χ1n) is 8.79. The van der Waals surface area contributed by atoms with Crippen LogP contribution in [0.1, 0.15) is 40.5 Å². The predicted molar refractivity (Wildman–Crippen MR) is 94.5 cm³/mol. The molecule has 0 aliphatic carbocycles. The Labute approximate surface area is 148 Å². The van der Waals surface area contributed by atoms with Gasteiger partial charge in [-0.1, -0.05) is 13.8 Å². The minimum absolute atomic E-state index is 0.0523. The van der Waals surface area contributed by atoms with Crippen molar-refractivity contribution in [2.24, 2.45) is 11.8 Å². The number of hydrogen-bond acceptors (Lipinski definition) is 4. The maximum Gasteiger partial charge on any atom is 0.249 e. The van der Waals surface area contributed by atoms with Crippen LogP contribution in [0.25, 0.3) is 0 Å². The smallest absolute Gasteiger partial charge is 0.249 e. The van der Waals surface area contributed by atoms with E-state index < -0.39 is 5.54 Å². The zero-order valence-corrected chi connectivity index (χ0v) is 15.3. The van der Waals surface area contributed by atoms with Gasteiger partial charge in [-0.2, -0.15) is 0 Å². The molecule has 136 valence electrons. The maximum atomic E-state index is 12.8. The summed E-state index contributed by atoms with van der Waals surface area (Å²) in [6.45, 7) is 8.74. The Hall–Kier alpha value is -2.24. The first-order valence-corrected chi connectivity index (χ1v) is 8.79. The van der Waals surface area contributed by atoms with Crippen molar-refractivity contribution < 1.29 is 19.1 Å². The number of likely N-dealkylation sites (tertiary alicyclic amines) is 1. The van der Waals surface area contributed by atoms with Gasteiger partial charge in [0.15, 0.2) is 11.5 Å². The monoisotopic (exact) mass is 346 g/mol. The lowest BCUT2D eigenvalue weighted by atomic mass is 9.96. The summed E-state index contributed by atoms with van der Waals surface area (Å²) in [4.78, 5) is 27.0. The lowest BCUT2D eigenvalue weighted by Crippen LogP contribution is -2.53. The van der Waals surface area contributed by atoms with Crippen molar-refractivity contribution in [1.82, 2.24) is 4.90 Å². The molecular weight excluding hydrogens is 320 g/mol. The highest BCUT2D eigenvalue weighted by Gasteiger charge is 2.43. The van der Waals surface area contributed by atoms with Gasteiger partial charge in [0.2, 0.25) is 18.6 Å². The molecule has 0 aromatic heterocycles. The molecule has 1 saturated heterocycles. The van der Waals surface area contributed by atoms with E-state index in [1.54, 1.807) is 36.9 Å². The molecule has 6 heteroatoms. The van der Waals surface area contributed by atoms with Crippen LogP contribution in [0.5, 0.6) is 11.5 Å². The number of amides is 2. The van der Waals surface area contributed by atoms with Gasteiger partial charge in [0.1, 0.15) is 5.54 Å². The van der Waals surface area contributed by atoms with Crippen LogP contribution in [0.3, 0.4) is 0 Å². The molecule has 25 heavy (non-hydrogen) atoms. The van der Waals surface area contributed by atoms with Gasteiger partial charge in [-0.25, -0.2) is 0 Å². The normalized spacial score (nSPS) is 19.6. The van der Waals surface area contributed by atoms with E-state index in [0.717, 1.165) is 6.42 Å². The molecule has 2 heterocycles. The second-order valence-electron chi connectivity index (χ2n) is 7.79. The fourth-order valence-corrected chi connectivity index (χ4v) is 3.53. The summed E-state index contributed by atoms with van der Waals surface area (Å²) >= 11 is 0. The van der Waals surface area contributed by atoms with Gasteiger partial charge in [-0.15, -0.1) is 0 Å². The molecule has 1 fully saturated rings. The van der Waals surface area contributed by atoms with Crippen molar-refractivity contribution in [2.45, 2.75) is 46.1 Å². The molecule has 6 nitrogen and oxygen atoms in total. The maximum absolute atomic E-state index is 12.8. The van der Waals surface area contributed by atoms with Gasteiger partial charge in [-0.05, 0) is 44.2 Å². The summed E-state index contributed by atoms with van der Waals surface area (Å²) in [5.74, 6) is 2.00. The third-order valence-electron chi connectivity index (χ3n) is 4.87. The van der Waals surface area contributed by atoms with Crippen LogP contribution in [0.4, 0.5) is 5.69 Å². The summed E-state index contributed by atoms with van der Waals surface area (Å²) in [7, 11) is 0. The molecule has 1 N–H and O–H groups in total. The van der Waals surface area contributed by atoms with Gasteiger partial charge in [0.05, 0.1) is 0 Å². The van der Waals surface area contributed by atoms with E-state index >= 15 is 0 Å². The van der Waals surface area contributed by atoms with Gasteiger partial charge in [-0.3, -0.25) is 9.59 Å². The molecule has 1 unspecified atom stereocenters.